The molecule has 0 saturated carbocycles. The number of likely N-dealkylation sites (N-methyl/N-ethyl adjacent to an activating group) is 1. The Morgan fingerprint density at radius 1 is 1.30 bits per heavy atom. The summed E-state index contributed by atoms with van der Waals surface area (Å²) in [4.78, 5) is 4.34. The number of hydrogen-bond acceptors (Lipinski definition) is 2. The van der Waals surface area contributed by atoms with E-state index in [9.17, 15) is 0 Å². The maximum atomic E-state index is 4.34. The van der Waals surface area contributed by atoms with E-state index in [4.69, 9.17) is 0 Å². The van der Waals surface area contributed by atoms with Crippen LogP contribution in [0.5, 0.6) is 0 Å². The zero-order valence-corrected chi connectivity index (χ0v) is 12.3. The number of aryl methyl sites for hydroxylation is 2. The molecule has 0 amide bonds. The number of rotatable bonds is 4. The van der Waals surface area contributed by atoms with Gasteiger partial charge in [0.15, 0.2) is 0 Å². The lowest BCUT2D eigenvalue weighted by atomic mass is 9.87. The highest BCUT2D eigenvalue weighted by Gasteiger charge is 2.30. The molecule has 2 aromatic rings. The molecule has 2 heteroatoms. The van der Waals surface area contributed by atoms with Gasteiger partial charge in [-0.15, -0.1) is 0 Å². The van der Waals surface area contributed by atoms with Gasteiger partial charge in [0, 0.05) is 24.4 Å². The van der Waals surface area contributed by atoms with Crippen LogP contribution in [-0.2, 0) is 6.42 Å². The molecule has 104 valence electrons. The third-order valence-corrected chi connectivity index (χ3v) is 4.42. The van der Waals surface area contributed by atoms with E-state index in [-0.39, 0.29) is 0 Å². The zero-order valence-electron chi connectivity index (χ0n) is 12.3. The minimum absolute atomic E-state index is 0.373. The van der Waals surface area contributed by atoms with Gasteiger partial charge in [-0.3, -0.25) is 4.98 Å². The fraction of sp³-hybridized carbons (Fsp3) is 0.389. The van der Waals surface area contributed by atoms with Gasteiger partial charge in [0.05, 0.1) is 0 Å². The largest absolute Gasteiger partial charge is 0.310 e. The van der Waals surface area contributed by atoms with E-state index in [1.165, 1.54) is 35.1 Å². The van der Waals surface area contributed by atoms with Gasteiger partial charge < -0.3 is 5.32 Å². The maximum absolute atomic E-state index is 4.34. The Morgan fingerprint density at radius 2 is 2.15 bits per heavy atom. The molecular weight excluding hydrogens is 244 g/mol. The Morgan fingerprint density at radius 3 is 2.95 bits per heavy atom. The Balaban J connectivity index is 1.99. The summed E-state index contributed by atoms with van der Waals surface area (Å²) in [5.41, 5.74) is 5.70. The van der Waals surface area contributed by atoms with Crippen molar-refractivity contribution >= 4 is 0 Å². The van der Waals surface area contributed by atoms with Crippen LogP contribution in [0.1, 0.15) is 47.6 Å². The highest BCUT2D eigenvalue weighted by molar-refractivity contribution is 5.39. The summed E-state index contributed by atoms with van der Waals surface area (Å²) in [6.45, 7) is 5.35. The van der Waals surface area contributed by atoms with Crippen LogP contribution in [0, 0.1) is 6.92 Å². The normalized spacial score (nSPS) is 18.8. The summed E-state index contributed by atoms with van der Waals surface area (Å²) in [5, 5.41) is 3.68. The van der Waals surface area contributed by atoms with Crippen LogP contribution in [-0.4, -0.2) is 11.5 Å². The summed E-state index contributed by atoms with van der Waals surface area (Å²) in [6, 6.07) is 11.4. The molecule has 1 aliphatic carbocycles. The van der Waals surface area contributed by atoms with E-state index in [1.807, 2.05) is 12.4 Å². The van der Waals surface area contributed by atoms with Gasteiger partial charge >= 0.3 is 0 Å². The van der Waals surface area contributed by atoms with Gasteiger partial charge in [0.1, 0.15) is 0 Å². The summed E-state index contributed by atoms with van der Waals surface area (Å²) in [7, 11) is 0. The first-order valence-corrected chi connectivity index (χ1v) is 7.53. The molecule has 1 N–H and O–H groups in total. The molecule has 1 heterocycles. The van der Waals surface area contributed by atoms with Gasteiger partial charge in [-0.05, 0) is 54.6 Å². The molecule has 2 nitrogen and oxygen atoms in total. The van der Waals surface area contributed by atoms with Crippen LogP contribution in [0.4, 0.5) is 0 Å². The molecule has 2 atom stereocenters. The highest BCUT2D eigenvalue weighted by Crippen LogP contribution is 2.42. The summed E-state index contributed by atoms with van der Waals surface area (Å²) in [6.07, 6.45) is 6.33. The summed E-state index contributed by atoms with van der Waals surface area (Å²) in [5.74, 6) is 0.564. The molecule has 0 radical (unpaired) electrons. The monoisotopic (exact) mass is 266 g/mol. The third-order valence-electron chi connectivity index (χ3n) is 4.42. The predicted octanol–water partition coefficient (Wildman–Crippen LogP) is 3.77. The van der Waals surface area contributed by atoms with E-state index in [2.05, 4.69) is 54.5 Å². The molecule has 2 unspecified atom stereocenters. The van der Waals surface area contributed by atoms with Crippen LogP contribution in [0.3, 0.4) is 0 Å². The lowest BCUT2D eigenvalue weighted by Gasteiger charge is -2.27. The van der Waals surface area contributed by atoms with Crippen molar-refractivity contribution in [2.24, 2.45) is 0 Å². The minimum Gasteiger partial charge on any atom is -0.310 e. The maximum Gasteiger partial charge on any atom is 0.0407 e. The Kier molecular flexibility index (Phi) is 3.83. The molecule has 1 aromatic heterocycles. The molecule has 0 aliphatic heterocycles. The molecule has 3 rings (SSSR count). The first-order chi connectivity index (χ1) is 9.81. The number of aromatic nitrogens is 1. The second kappa shape index (κ2) is 5.76. The van der Waals surface area contributed by atoms with Crippen LogP contribution >= 0.6 is 0 Å². The SMILES string of the molecule is CCNC(c1cnccc1C)C1CCc2ccccc21. The molecule has 0 spiro atoms. The smallest absolute Gasteiger partial charge is 0.0407 e. The zero-order chi connectivity index (χ0) is 13.9. The molecule has 0 saturated heterocycles. The quantitative estimate of drug-likeness (QED) is 0.911. The predicted molar refractivity (Wildman–Crippen MR) is 82.9 cm³/mol. The Bertz CT molecular complexity index is 591. The number of pyridine rings is 1. The van der Waals surface area contributed by atoms with E-state index < -0.39 is 0 Å². The average molecular weight is 266 g/mol. The van der Waals surface area contributed by atoms with Crippen LogP contribution in [0.15, 0.2) is 42.7 Å². The van der Waals surface area contributed by atoms with Crippen LogP contribution in [0.25, 0.3) is 0 Å². The number of hydrogen-bond donors (Lipinski definition) is 1. The van der Waals surface area contributed by atoms with Gasteiger partial charge in [0.2, 0.25) is 0 Å². The van der Waals surface area contributed by atoms with E-state index in [1.54, 1.807) is 0 Å². The van der Waals surface area contributed by atoms with Crippen molar-refractivity contribution in [1.82, 2.24) is 10.3 Å². The van der Waals surface area contributed by atoms with E-state index >= 15 is 0 Å². The first-order valence-electron chi connectivity index (χ1n) is 7.53. The van der Waals surface area contributed by atoms with Crippen molar-refractivity contribution in [1.29, 1.82) is 0 Å². The second-order valence-electron chi connectivity index (χ2n) is 5.61. The second-order valence-corrected chi connectivity index (χ2v) is 5.61. The highest BCUT2D eigenvalue weighted by atomic mass is 14.9. The fourth-order valence-corrected chi connectivity index (χ4v) is 3.43. The van der Waals surface area contributed by atoms with Crippen LogP contribution in [0.2, 0.25) is 0 Å². The van der Waals surface area contributed by atoms with Gasteiger partial charge in [-0.2, -0.15) is 0 Å². The third kappa shape index (κ3) is 2.36. The lowest BCUT2D eigenvalue weighted by Crippen LogP contribution is -2.27. The van der Waals surface area contributed by atoms with Crippen molar-refractivity contribution in [3.63, 3.8) is 0 Å². The molecule has 1 aromatic carbocycles. The molecule has 20 heavy (non-hydrogen) atoms. The molecular formula is C18H22N2. The van der Waals surface area contributed by atoms with Crippen molar-refractivity contribution in [2.45, 2.75) is 38.6 Å². The average Bonchev–Trinajstić information content (AvgIpc) is 2.90. The topological polar surface area (TPSA) is 24.9 Å². The number of nitrogens with one attached hydrogen (secondary N) is 1. The molecule has 1 aliphatic rings. The number of nitrogens with zero attached hydrogens (tertiary/aromatic N) is 1. The number of benzene rings is 1. The number of fused-ring (bicyclic) bond motifs is 1. The summed E-state index contributed by atoms with van der Waals surface area (Å²) < 4.78 is 0. The van der Waals surface area contributed by atoms with E-state index in [0.29, 0.717) is 12.0 Å². The van der Waals surface area contributed by atoms with Crippen molar-refractivity contribution in [3.8, 4) is 0 Å². The summed E-state index contributed by atoms with van der Waals surface area (Å²) >= 11 is 0. The van der Waals surface area contributed by atoms with Gasteiger partial charge in [0.25, 0.3) is 0 Å². The standard InChI is InChI=1S/C18H22N2/c1-3-20-18(17-12-19-11-10-13(17)2)16-9-8-14-6-4-5-7-15(14)16/h4-7,10-12,16,18,20H,3,8-9H2,1-2H3. The molecule has 0 bridgehead atoms. The van der Waals surface area contributed by atoms with E-state index in [0.717, 1.165) is 6.54 Å². The van der Waals surface area contributed by atoms with Crippen LogP contribution < -0.4 is 5.32 Å². The Hall–Kier alpha value is -1.67. The Labute approximate surface area is 121 Å². The van der Waals surface area contributed by atoms with Crippen molar-refractivity contribution in [2.75, 3.05) is 6.54 Å². The minimum atomic E-state index is 0.373. The molecule has 0 fully saturated rings. The van der Waals surface area contributed by atoms with Gasteiger partial charge in [-0.1, -0.05) is 31.2 Å². The van der Waals surface area contributed by atoms with Crippen molar-refractivity contribution < 1.29 is 0 Å². The lowest BCUT2D eigenvalue weighted by molar-refractivity contribution is 0.450. The fourth-order valence-electron chi connectivity index (χ4n) is 3.43. The first kappa shape index (κ1) is 13.3. The van der Waals surface area contributed by atoms with Crippen molar-refractivity contribution in [3.05, 3.63) is 65.0 Å². The van der Waals surface area contributed by atoms with Gasteiger partial charge in [-0.25, -0.2) is 0 Å².